The molecule has 0 aromatic carbocycles. The molecule has 7 heteroatoms. The van der Waals surface area contributed by atoms with Crippen LogP contribution in [0.2, 0.25) is 0 Å². The van der Waals surface area contributed by atoms with E-state index in [1.165, 1.54) is 11.5 Å². The van der Waals surface area contributed by atoms with Gasteiger partial charge < -0.3 is 0 Å². The SMILES string of the molecule is CCc1nnsc1C(NN)c1ccnn1CC. The molecule has 0 aliphatic carbocycles. The molecule has 92 valence electrons. The number of aryl methyl sites for hydroxylation is 2. The number of hydrogen-bond acceptors (Lipinski definition) is 6. The Balaban J connectivity index is 2.40. The average molecular weight is 252 g/mol. The first kappa shape index (κ1) is 12.2. The first-order valence-corrected chi connectivity index (χ1v) is 6.38. The van der Waals surface area contributed by atoms with Crippen molar-refractivity contribution in [3.8, 4) is 0 Å². The molecule has 1 atom stereocenters. The Morgan fingerprint density at radius 2 is 2.35 bits per heavy atom. The van der Waals surface area contributed by atoms with Crippen LogP contribution in [0.5, 0.6) is 0 Å². The van der Waals surface area contributed by atoms with E-state index in [9.17, 15) is 0 Å². The lowest BCUT2D eigenvalue weighted by molar-refractivity contribution is 0.545. The molecule has 0 amide bonds. The molecule has 2 aromatic heterocycles. The number of rotatable bonds is 5. The highest BCUT2D eigenvalue weighted by atomic mass is 32.1. The van der Waals surface area contributed by atoms with Crippen molar-refractivity contribution in [2.24, 2.45) is 5.84 Å². The summed E-state index contributed by atoms with van der Waals surface area (Å²) < 4.78 is 5.91. The molecule has 17 heavy (non-hydrogen) atoms. The molecule has 0 aliphatic heterocycles. The molecule has 0 radical (unpaired) electrons. The Bertz CT molecular complexity index is 434. The van der Waals surface area contributed by atoms with E-state index in [-0.39, 0.29) is 6.04 Å². The molecule has 0 fully saturated rings. The smallest absolute Gasteiger partial charge is 0.100 e. The Morgan fingerprint density at radius 3 is 3.00 bits per heavy atom. The molecule has 1 unspecified atom stereocenters. The van der Waals surface area contributed by atoms with E-state index < -0.39 is 0 Å². The van der Waals surface area contributed by atoms with Crippen LogP contribution in [-0.2, 0) is 13.0 Å². The first-order valence-electron chi connectivity index (χ1n) is 5.60. The summed E-state index contributed by atoms with van der Waals surface area (Å²) in [6, 6.07) is 1.88. The van der Waals surface area contributed by atoms with Gasteiger partial charge in [0.05, 0.1) is 16.3 Å². The highest BCUT2D eigenvalue weighted by molar-refractivity contribution is 7.05. The van der Waals surface area contributed by atoms with Gasteiger partial charge in [0.15, 0.2) is 0 Å². The van der Waals surface area contributed by atoms with Crippen LogP contribution in [-0.4, -0.2) is 19.4 Å². The van der Waals surface area contributed by atoms with Crippen molar-refractivity contribution < 1.29 is 0 Å². The molecule has 0 saturated carbocycles. The Labute approximate surface area is 104 Å². The summed E-state index contributed by atoms with van der Waals surface area (Å²) in [5.41, 5.74) is 4.85. The normalized spacial score (nSPS) is 12.9. The van der Waals surface area contributed by atoms with Crippen LogP contribution >= 0.6 is 11.5 Å². The summed E-state index contributed by atoms with van der Waals surface area (Å²) in [6.07, 6.45) is 2.63. The fraction of sp³-hybridized carbons (Fsp3) is 0.500. The maximum absolute atomic E-state index is 5.66. The Hall–Kier alpha value is -1.31. The average Bonchev–Trinajstić information content (AvgIpc) is 2.98. The lowest BCUT2D eigenvalue weighted by atomic mass is 10.1. The summed E-state index contributed by atoms with van der Waals surface area (Å²) in [4.78, 5) is 1.06. The maximum Gasteiger partial charge on any atom is 0.100 e. The van der Waals surface area contributed by atoms with Crippen LogP contribution < -0.4 is 11.3 Å². The second kappa shape index (κ2) is 5.35. The van der Waals surface area contributed by atoms with E-state index in [2.05, 4.69) is 34.0 Å². The summed E-state index contributed by atoms with van der Waals surface area (Å²) in [5, 5.41) is 8.37. The predicted molar refractivity (Wildman–Crippen MR) is 66.4 cm³/mol. The first-order chi connectivity index (χ1) is 8.31. The lowest BCUT2D eigenvalue weighted by Gasteiger charge is -2.16. The molecule has 2 aromatic rings. The van der Waals surface area contributed by atoms with Gasteiger partial charge in [0.1, 0.15) is 6.04 Å². The predicted octanol–water partition coefficient (Wildman–Crippen LogP) is 0.870. The minimum absolute atomic E-state index is 0.0904. The van der Waals surface area contributed by atoms with Crippen molar-refractivity contribution in [3.05, 3.63) is 28.5 Å². The van der Waals surface area contributed by atoms with Gasteiger partial charge >= 0.3 is 0 Å². The van der Waals surface area contributed by atoms with E-state index in [1.54, 1.807) is 6.20 Å². The van der Waals surface area contributed by atoms with Gasteiger partial charge in [-0.1, -0.05) is 11.4 Å². The van der Waals surface area contributed by atoms with E-state index in [1.807, 2.05) is 10.7 Å². The van der Waals surface area contributed by atoms with Crippen LogP contribution in [0.25, 0.3) is 0 Å². The van der Waals surface area contributed by atoms with Crippen molar-refractivity contribution in [1.82, 2.24) is 24.8 Å². The van der Waals surface area contributed by atoms with Gasteiger partial charge in [0, 0.05) is 12.7 Å². The highest BCUT2D eigenvalue weighted by Gasteiger charge is 2.22. The van der Waals surface area contributed by atoms with Gasteiger partial charge in [-0.2, -0.15) is 5.10 Å². The fourth-order valence-corrected chi connectivity index (χ4v) is 2.64. The minimum atomic E-state index is -0.0904. The topological polar surface area (TPSA) is 81.7 Å². The zero-order valence-electron chi connectivity index (χ0n) is 9.92. The van der Waals surface area contributed by atoms with Crippen LogP contribution in [0.1, 0.15) is 36.2 Å². The number of hydrazine groups is 1. The molecule has 0 bridgehead atoms. The molecule has 0 aliphatic rings. The van der Waals surface area contributed by atoms with Crippen molar-refractivity contribution in [2.45, 2.75) is 32.9 Å². The standard InChI is InChI=1S/C10H16N6S/c1-3-7-10(17-15-14-7)9(13-11)8-5-6-12-16(8)4-2/h5-6,9,13H,3-4,11H2,1-2H3. The zero-order valence-corrected chi connectivity index (χ0v) is 10.7. The van der Waals surface area contributed by atoms with Crippen molar-refractivity contribution >= 4 is 11.5 Å². The van der Waals surface area contributed by atoms with E-state index in [4.69, 9.17) is 5.84 Å². The quantitative estimate of drug-likeness (QED) is 0.609. The van der Waals surface area contributed by atoms with Crippen LogP contribution in [0, 0.1) is 0 Å². The second-order valence-electron chi connectivity index (χ2n) is 3.61. The largest absolute Gasteiger partial charge is 0.270 e. The second-order valence-corrected chi connectivity index (χ2v) is 4.39. The van der Waals surface area contributed by atoms with Crippen LogP contribution in [0.15, 0.2) is 12.3 Å². The zero-order chi connectivity index (χ0) is 12.3. The van der Waals surface area contributed by atoms with E-state index in [0.717, 1.165) is 29.2 Å². The van der Waals surface area contributed by atoms with Crippen molar-refractivity contribution in [2.75, 3.05) is 0 Å². The van der Waals surface area contributed by atoms with Gasteiger partial charge in [-0.25, -0.2) is 5.43 Å². The number of hydrogen-bond donors (Lipinski definition) is 2. The fourth-order valence-electron chi connectivity index (χ4n) is 1.83. The minimum Gasteiger partial charge on any atom is -0.270 e. The molecule has 2 heterocycles. The number of aromatic nitrogens is 4. The summed E-state index contributed by atoms with van der Waals surface area (Å²) >= 11 is 1.38. The number of nitrogens with zero attached hydrogens (tertiary/aromatic N) is 4. The summed E-state index contributed by atoms with van der Waals surface area (Å²) in [7, 11) is 0. The van der Waals surface area contributed by atoms with Gasteiger partial charge in [-0.05, 0) is 30.9 Å². The third-order valence-corrected chi connectivity index (χ3v) is 3.52. The highest BCUT2D eigenvalue weighted by Crippen LogP contribution is 2.26. The molecule has 2 rings (SSSR count). The third kappa shape index (κ3) is 2.21. The lowest BCUT2D eigenvalue weighted by Crippen LogP contribution is -2.30. The van der Waals surface area contributed by atoms with Crippen LogP contribution in [0.3, 0.4) is 0 Å². The van der Waals surface area contributed by atoms with E-state index >= 15 is 0 Å². The molecular weight excluding hydrogens is 236 g/mol. The maximum atomic E-state index is 5.66. The van der Waals surface area contributed by atoms with Crippen LogP contribution in [0.4, 0.5) is 0 Å². The molecule has 0 spiro atoms. The van der Waals surface area contributed by atoms with Gasteiger partial charge in [0.25, 0.3) is 0 Å². The number of nitrogens with two attached hydrogens (primary N) is 1. The van der Waals surface area contributed by atoms with Gasteiger partial charge in [-0.15, -0.1) is 5.10 Å². The number of nitrogens with one attached hydrogen (secondary N) is 1. The monoisotopic (exact) mass is 252 g/mol. The molecular formula is C10H16N6S. The van der Waals surface area contributed by atoms with E-state index in [0.29, 0.717) is 0 Å². The molecule has 3 N–H and O–H groups in total. The third-order valence-electron chi connectivity index (χ3n) is 2.69. The van der Waals surface area contributed by atoms with Crippen molar-refractivity contribution in [3.63, 3.8) is 0 Å². The van der Waals surface area contributed by atoms with Gasteiger partial charge in [0.2, 0.25) is 0 Å². The van der Waals surface area contributed by atoms with Crippen molar-refractivity contribution in [1.29, 1.82) is 0 Å². The molecule has 6 nitrogen and oxygen atoms in total. The molecule has 0 saturated heterocycles. The van der Waals surface area contributed by atoms with Gasteiger partial charge in [-0.3, -0.25) is 10.5 Å². The Kier molecular flexibility index (Phi) is 3.82. The summed E-state index contributed by atoms with van der Waals surface area (Å²) in [6.45, 7) is 4.93. The summed E-state index contributed by atoms with van der Waals surface area (Å²) in [5.74, 6) is 5.66. The Morgan fingerprint density at radius 1 is 1.53 bits per heavy atom.